The Kier molecular flexibility index (Phi) is 6.69. The van der Waals surface area contributed by atoms with E-state index in [0.717, 1.165) is 0 Å². The molecule has 3 rings (SSSR count). The molecule has 0 fully saturated rings. The summed E-state index contributed by atoms with van der Waals surface area (Å²) in [6, 6.07) is 20.7. The average Bonchev–Trinajstić information content (AvgIpc) is 2.75. The van der Waals surface area contributed by atoms with Crippen LogP contribution in [-0.2, 0) is 4.79 Å². The van der Waals surface area contributed by atoms with Crippen LogP contribution < -0.4 is 10.1 Å². The van der Waals surface area contributed by atoms with Gasteiger partial charge in [-0.15, -0.1) is 0 Å². The van der Waals surface area contributed by atoms with Crippen LogP contribution in [0.15, 0.2) is 72.9 Å². The fourth-order valence-electron chi connectivity index (χ4n) is 2.57. The first-order valence-electron chi connectivity index (χ1n) is 8.96. The van der Waals surface area contributed by atoms with Crippen LogP contribution in [0.2, 0.25) is 0 Å². The average molecular weight is 387 g/mol. The fraction of sp³-hybridized carbons (Fsp3) is 0.0870. The van der Waals surface area contributed by atoms with Gasteiger partial charge in [0.15, 0.2) is 11.6 Å². The van der Waals surface area contributed by atoms with Gasteiger partial charge >= 0.3 is 0 Å². The second-order valence-electron chi connectivity index (χ2n) is 6.09. The van der Waals surface area contributed by atoms with E-state index in [4.69, 9.17) is 4.74 Å². The third kappa shape index (κ3) is 5.75. The minimum Gasteiger partial charge on any atom is -0.490 e. The third-order valence-electron chi connectivity index (χ3n) is 3.97. The van der Waals surface area contributed by atoms with E-state index in [1.807, 2.05) is 18.2 Å². The van der Waals surface area contributed by atoms with Gasteiger partial charge in [-0.2, -0.15) is 5.26 Å². The summed E-state index contributed by atoms with van der Waals surface area (Å²) in [5, 5.41) is 12.1. The summed E-state index contributed by atoms with van der Waals surface area (Å²) in [7, 11) is 0. The molecule has 29 heavy (non-hydrogen) atoms. The normalized spacial score (nSPS) is 10.8. The number of rotatable bonds is 7. The van der Waals surface area contributed by atoms with E-state index in [0.29, 0.717) is 22.5 Å². The number of amides is 1. The number of ether oxygens (including phenoxy) is 1. The summed E-state index contributed by atoms with van der Waals surface area (Å²) in [6.45, 7) is 0.0219. The number of anilines is 1. The quantitative estimate of drug-likeness (QED) is 0.597. The first-order valence-corrected chi connectivity index (χ1v) is 8.96. The molecule has 1 heterocycles. The van der Waals surface area contributed by atoms with Gasteiger partial charge in [-0.25, -0.2) is 4.39 Å². The van der Waals surface area contributed by atoms with Crippen molar-refractivity contribution >= 4 is 23.2 Å². The highest BCUT2D eigenvalue weighted by atomic mass is 19.1. The molecule has 0 spiro atoms. The molecule has 0 unspecified atom stereocenters. The number of nitrogens with one attached hydrogen (secondary N) is 1. The number of pyridine rings is 1. The largest absolute Gasteiger partial charge is 0.490 e. The van der Waals surface area contributed by atoms with E-state index in [2.05, 4.69) is 16.4 Å². The second-order valence-corrected chi connectivity index (χ2v) is 6.09. The van der Waals surface area contributed by atoms with Crippen molar-refractivity contribution in [1.82, 2.24) is 4.98 Å². The minimum absolute atomic E-state index is 0.0181. The lowest BCUT2D eigenvalue weighted by Gasteiger charge is -2.09. The molecule has 2 aromatic carbocycles. The fourth-order valence-corrected chi connectivity index (χ4v) is 2.57. The second kappa shape index (κ2) is 9.81. The van der Waals surface area contributed by atoms with Crippen molar-refractivity contribution in [3.8, 4) is 11.8 Å². The van der Waals surface area contributed by atoms with Crippen LogP contribution in [-0.4, -0.2) is 17.5 Å². The molecule has 5 nitrogen and oxygen atoms in total. The Hall–Kier alpha value is -3.98. The number of allylic oxidation sites excluding steroid dienone is 1. The smallest absolute Gasteiger partial charge is 0.227 e. The lowest BCUT2D eigenvalue weighted by molar-refractivity contribution is -0.116. The van der Waals surface area contributed by atoms with Crippen LogP contribution >= 0.6 is 0 Å². The first kappa shape index (κ1) is 19.8. The Balaban J connectivity index is 1.64. The number of benzene rings is 2. The number of carbonyl (C=O) groups is 1. The van der Waals surface area contributed by atoms with Gasteiger partial charge in [0.2, 0.25) is 5.91 Å². The van der Waals surface area contributed by atoms with Crippen LogP contribution in [0.25, 0.3) is 11.6 Å². The summed E-state index contributed by atoms with van der Waals surface area (Å²) in [6.07, 6.45) is 3.28. The van der Waals surface area contributed by atoms with Crippen molar-refractivity contribution in [2.24, 2.45) is 0 Å². The molecule has 1 amide bonds. The summed E-state index contributed by atoms with van der Waals surface area (Å²) < 4.78 is 19.5. The lowest BCUT2D eigenvalue weighted by atomic mass is 10.1. The number of nitriles is 1. The highest BCUT2D eigenvalue weighted by Gasteiger charge is 2.08. The third-order valence-corrected chi connectivity index (χ3v) is 3.97. The molecule has 0 bridgehead atoms. The predicted octanol–water partition coefficient (Wildman–Crippen LogP) is 4.69. The Morgan fingerprint density at radius 3 is 2.66 bits per heavy atom. The zero-order chi connectivity index (χ0) is 20.5. The number of aromatic nitrogens is 1. The number of hydrogen-bond donors (Lipinski definition) is 1. The Morgan fingerprint density at radius 1 is 1.14 bits per heavy atom. The molecule has 1 aromatic heterocycles. The van der Waals surface area contributed by atoms with Crippen LogP contribution in [0.4, 0.5) is 10.1 Å². The van der Waals surface area contributed by atoms with Crippen LogP contribution in [0.5, 0.6) is 5.75 Å². The molecule has 1 N–H and O–H groups in total. The lowest BCUT2D eigenvalue weighted by Crippen LogP contribution is -2.15. The van der Waals surface area contributed by atoms with Crippen molar-refractivity contribution < 1.29 is 13.9 Å². The number of hydrogen-bond acceptors (Lipinski definition) is 4. The zero-order valence-electron chi connectivity index (χ0n) is 15.5. The maximum atomic E-state index is 14.1. The van der Waals surface area contributed by atoms with Crippen LogP contribution in [0.3, 0.4) is 0 Å². The molecule has 0 atom stereocenters. The molecular formula is C23H18FN3O2. The SMILES string of the molecule is N#CC(=Cc1ccc(F)c(OCCC(=O)Nc2ccccc2)c1)c1ccccn1. The van der Waals surface area contributed by atoms with Gasteiger partial charge in [0.25, 0.3) is 0 Å². The molecule has 0 saturated carbocycles. The summed E-state index contributed by atoms with van der Waals surface area (Å²) in [5.41, 5.74) is 2.16. The van der Waals surface area contributed by atoms with Gasteiger partial charge < -0.3 is 10.1 Å². The molecule has 6 heteroatoms. The van der Waals surface area contributed by atoms with Crippen molar-refractivity contribution in [2.45, 2.75) is 6.42 Å². The van der Waals surface area contributed by atoms with E-state index in [1.54, 1.807) is 48.7 Å². The zero-order valence-corrected chi connectivity index (χ0v) is 15.5. The van der Waals surface area contributed by atoms with Gasteiger partial charge in [0.1, 0.15) is 6.07 Å². The van der Waals surface area contributed by atoms with Gasteiger partial charge in [-0.1, -0.05) is 30.3 Å². The molecule has 0 aliphatic carbocycles. The predicted molar refractivity (Wildman–Crippen MR) is 109 cm³/mol. The van der Waals surface area contributed by atoms with Crippen molar-refractivity contribution in [2.75, 3.05) is 11.9 Å². The maximum absolute atomic E-state index is 14.1. The Bertz CT molecular complexity index is 1040. The van der Waals surface area contributed by atoms with Crippen molar-refractivity contribution in [3.05, 3.63) is 90.0 Å². The number of carbonyl (C=O) groups excluding carboxylic acids is 1. The summed E-state index contributed by atoms with van der Waals surface area (Å²) in [4.78, 5) is 16.1. The first-order chi connectivity index (χ1) is 14.2. The Morgan fingerprint density at radius 2 is 1.93 bits per heavy atom. The monoisotopic (exact) mass is 387 g/mol. The van der Waals surface area contributed by atoms with Gasteiger partial charge in [0.05, 0.1) is 24.3 Å². The van der Waals surface area contributed by atoms with Crippen LogP contribution in [0.1, 0.15) is 17.7 Å². The number of nitrogens with zero attached hydrogens (tertiary/aromatic N) is 2. The maximum Gasteiger partial charge on any atom is 0.227 e. The van der Waals surface area contributed by atoms with Gasteiger partial charge in [-0.3, -0.25) is 9.78 Å². The van der Waals surface area contributed by atoms with Crippen molar-refractivity contribution in [1.29, 1.82) is 5.26 Å². The Labute approximate surface area is 168 Å². The molecule has 3 aromatic rings. The molecule has 0 aliphatic heterocycles. The molecule has 0 saturated heterocycles. The topological polar surface area (TPSA) is 75.0 Å². The van der Waals surface area contributed by atoms with Gasteiger partial charge in [0, 0.05) is 11.9 Å². The van der Waals surface area contributed by atoms with E-state index in [-0.39, 0.29) is 24.7 Å². The van der Waals surface area contributed by atoms with E-state index in [1.165, 1.54) is 12.1 Å². The highest BCUT2D eigenvalue weighted by molar-refractivity contribution is 5.90. The van der Waals surface area contributed by atoms with Crippen LogP contribution in [0, 0.1) is 17.1 Å². The molecular weight excluding hydrogens is 369 g/mol. The van der Waals surface area contributed by atoms with Crippen molar-refractivity contribution in [3.63, 3.8) is 0 Å². The standard InChI is InChI=1S/C23H18FN3O2/c24-20-10-9-17(14-18(16-25)21-8-4-5-12-26-21)15-22(20)29-13-11-23(28)27-19-6-2-1-3-7-19/h1-10,12,14-15H,11,13H2,(H,27,28). The van der Waals surface area contributed by atoms with E-state index < -0.39 is 5.82 Å². The molecule has 0 radical (unpaired) electrons. The number of para-hydroxylation sites is 1. The minimum atomic E-state index is -0.540. The molecule has 0 aliphatic rings. The number of halogens is 1. The summed E-state index contributed by atoms with van der Waals surface area (Å²) >= 11 is 0. The van der Waals surface area contributed by atoms with E-state index >= 15 is 0 Å². The molecule has 144 valence electrons. The highest BCUT2D eigenvalue weighted by Crippen LogP contribution is 2.23. The van der Waals surface area contributed by atoms with Gasteiger partial charge in [-0.05, 0) is 48.0 Å². The summed E-state index contributed by atoms with van der Waals surface area (Å²) in [5.74, 6) is -0.749. The van der Waals surface area contributed by atoms with E-state index in [9.17, 15) is 14.4 Å².